The second-order valence-corrected chi connectivity index (χ2v) is 4.62. The highest BCUT2D eigenvalue weighted by molar-refractivity contribution is 6.28. The topological polar surface area (TPSA) is 46.0 Å². The lowest BCUT2D eigenvalue weighted by Crippen LogP contribution is -2.18. The molecule has 0 atom stereocenters. The van der Waals surface area contributed by atoms with Crippen molar-refractivity contribution in [3.63, 3.8) is 0 Å². The predicted molar refractivity (Wildman–Crippen MR) is 54.3 cm³/mol. The van der Waals surface area contributed by atoms with Gasteiger partial charge in [0.2, 0.25) is 5.28 Å². The summed E-state index contributed by atoms with van der Waals surface area (Å²) in [5.41, 5.74) is 0.609. The molecule has 0 saturated heterocycles. The van der Waals surface area contributed by atoms with Gasteiger partial charge in [0.15, 0.2) is 0 Å². The van der Waals surface area contributed by atoms with Gasteiger partial charge in [-0.2, -0.15) is 0 Å². The molecule has 0 aromatic carbocycles. The number of hydrogen-bond donors (Lipinski definition) is 1. The second kappa shape index (κ2) is 3.17. The van der Waals surface area contributed by atoms with Crippen LogP contribution < -0.4 is 0 Å². The van der Waals surface area contributed by atoms with Gasteiger partial charge in [-0.25, -0.2) is 9.97 Å². The molecule has 3 nitrogen and oxygen atoms in total. The van der Waals surface area contributed by atoms with Crippen LogP contribution in [0.1, 0.15) is 44.0 Å². The first-order valence-corrected chi connectivity index (χ1v) is 5.12. The first-order chi connectivity index (χ1) is 6.47. The monoisotopic (exact) mass is 212 g/mol. The zero-order chi connectivity index (χ0) is 10.3. The molecular weight excluding hydrogens is 200 g/mol. The highest BCUT2D eigenvalue weighted by Gasteiger charge is 2.28. The van der Waals surface area contributed by atoms with Crippen molar-refractivity contribution in [1.82, 2.24) is 9.97 Å². The molecule has 0 spiro atoms. The van der Waals surface area contributed by atoms with Crippen LogP contribution in [0.15, 0.2) is 6.07 Å². The Bertz CT molecular complexity index is 356. The first-order valence-electron chi connectivity index (χ1n) is 4.74. The Kier molecular flexibility index (Phi) is 2.24. The molecular formula is C10H13ClN2O. The van der Waals surface area contributed by atoms with Gasteiger partial charge in [0.05, 0.1) is 5.69 Å². The molecule has 0 bridgehead atoms. The smallest absolute Gasteiger partial charge is 0.222 e. The molecule has 0 unspecified atom stereocenters. The van der Waals surface area contributed by atoms with Crippen LogP contribution in [0.4, 0.5) is 0 Å². The van der Waals surface area contributed by atoms with Gasteiger partial charge in [0, 0.05) is 11.6 Å². The molecule has 1 aliphatic rings. The molecule has 1 N–H and O–H groups in total. The van der Waals surface area contributed by atoms with E-state index in [9.17, 15) is 5.11 Å². The molecule has 1 fully saturated rings. The molecule has 1 saturated carbocycles. The number of hydrogen-bond acceptors (Lipinski definition) is 3. The summed E-state index contributed by atoms with van der Waals surface area (Å²) in [4.78, 5) is 8.17. The van der Waals surface area contributed by atoms with Gasteiger partial charge in [0.25, 0.3) is 0 Å². The average Bonchev–Trinajstić information content (AvgIpc) is 2.83. The van der Waals surface area contributed by atoms with Crippen molar-refractivity contribution in [2.45, 2.75) is 38.2 Å². The Morgan fingerprint density at radius 2 is 2.07 bits per heavy atom. The van der Waals surface area contributed by atoms with E-state index in [0.717, 1.165) is 5.69 Å². The van der Waals surface area contributed by atoms with Crippen LogP contribution in [0, 0.1) is 0 Å². The summed E-state index contributed by atoms with van der Waals surface area (Å²) in [6.07, 6.45) is 2.33. The zero-order valence-corrected chi connectivity index (χ0v) is 9.04. The molecule has 14 heavy (non-hydrogen) atoms. The van der Waals surface area contributed by atoms with Gasteiger partial charge >= 0.3 is 0 Å². The molecule has 0 aliphatic heterocycles. The van der Waals surface area contributed by atoms with E-state index in [1.54, 1.807) is 13.8 Å². The van der Waals surface area contributed by atoms with Crippen molar-refractivity contribution in [1.29, 1.82) is 0 Å². The number of halogens is 1. The lowest BCUT2D eigenvalue weighted by atomic mass is 10.0. The standard InChI is InChI=1S/C10H13ClN2O/c1-10(2,14)8-5-7(6-3-4-6)12-9(11)13-8/h5-6,14H,3-4H2,1-2H3. The number of rotatable bonds is 2. The average molecular weight is 213 g/mol. The minimum atomic E-state index is -0.948. The van der Waals surface area contributed by atoms with E-state index in [-0.39, 0.29) is 5.28 Å². The lowest BCUT2D eigenvalue weighted by Gasteiger charge is -2.17. The van der Waals surface area contributed by atoms with E-state index >= 15 is 0 Å². The maximum atomic E-state index is 9.79. The fourth-order valence-electron chi connectivity index (χ4n) is 1.34. The van der Waals surface area contributed by atoms with Gasteiger partial charge in [-0.1, -0.05) is 0 Å². The quantitative estimate of drug-likeness (QED) is 0.765. The molecule has 1 aromatic heterocycles. The van der Waals surface area contributed by atoms with E-state index in [4.69, 9.17) is 11.6 Å². The van der Waals surface area contributed by atoms with Gasteiger partial charge in [-0.15, -0.1) is 0 Å². The summed E-state index contributed by atoms with van der Waals surface area (Å²) in [7, 11) is 0. The minimum absolute atomic E-state index is 0.228. The second-order valence-electron chi connectivity index (χ2n) is 4.28. The predicted octanol–water partition coefficient (Wildman–Crippen LogP) is 2.23. The molecule has 1 aromatic rings. The van der Waals surface area contributed by atoms with Crippen LogP contribution in [0.3, 0.4) is 0 Å². The summed E-state index contributed by atoms with van der Waals surface area (Å²) in [6.45, 7) is 3.39. The minimum Gasteiger partial charge on any atom is -0.384 e. The van der Waals surface area contributed by atoms with Crippen LogP contribution >= 0.6 is 11.6 Å². The van der Waals surface area contributed by atoms with Crippen LogP contribution in [-0.2, 0) is 5.60 Å². The zero-order valence-electron chi connectivity index (χ0n) is 8.29. The molecule has 0 radical (unpaired) electrons. The first kappa shape index (κ1) is 9.87. The van der Waals surface area contributed by atoms with Gasteiger partial charge < -0.3 is 5.11 Å². The van der Waals surface area contributed by atoms with Crippen molar-refractivity contribution in [3.05, 3.63) is 22.7 Å². The van der Waals surface area contributed by atoms with Crippen molar-refractivity contribution < 1.29 is 5.11 Å². The Labute approximate surface area is 88.2 Å². The summed E-state index contributed by atoms with van der Waals surface area (Å²) in [5.74, 6) is 0.525. The van der Waals surface area contributed by atoms with Crippen LogP contribution in [0.2, 0.25) is 5.28 Å². The number of aliphatic hydroxyl groups is 1. The van der Waals surface area contributed by atoms with E-state index < -0.39 is 5.60 Å². The third-order valence-electron chi connectivity index (χ3n) is 2.34. The van der Waals surface area contributed by atoms with Crippen molar-refractivity contribution in [2.75, 3.05) is 0 Å². The third kappa shape index (κ3) is 2.04. The molecule has 4 heteroatoms. The fraction of sp³-hybridized carbons (Fsp3) is 0.600. The van der Waals surface area contributed by atoms with Crippen LogP contribution in [0.25, 0.3) is 0 Å². The van der Waals surface area contributed by atoms with E-state index in [0.29, 0.717) is 11.6 Å². The summed E-state index contributed by atoms with van der Waals surface area (Å²) >= 11 is 5.79. The fourth-order valence-corrected chi connectivity index (χ4v) is 1.53. The van der Waals surface area contributed by atoms with E-state index in [2.05, 4.69) is 9.97 Å². The highest BCUT2D eigenvalue weighted by Crippen LogP contribution is 2.40. The Hall–Kier alpha value is -0.670. The van der Waals surface area contributed by atoms with Crippen LogP contribution in [0.5, 0.6) is 0 Å². The molecule has 1 aliphatic carbocycles. The van der Waals surface area contributed by atoms with Crippen LogP contribution in [-0.4, -0.2) is 15.1 Å². The maximum Gasteiger partial charge on any atom is 0.222 e. The molecule has 0 amide bonds. The summed E-state index contributed by atoms with van der Waals surface area (Å²) < 4.78 is 0. The molecule has 2 rings (SSSR count). The Morgan fingerprint density at radius 1 is 1.43 bits per heavy atom. The lowest BCUT2D eigenvalue weighted by molar-refractivity contribution is 0.0736. The highest BCUT2D eigenvalue weighted by atomic mass is 35.5. The van der Waals surface area contributed by atoms with Gasteiger partial charge in [0.1, 0.15) is 5.60 Å². The third-order valence-corrected chi connectivity index (χ3v) is 2.51. The summed E-state index contributed by atoms with van der Waals surface area (Å²) in [6, 6.07) is 1.85. The largest absolute Gasteiger partial charge is 0.384 e. The van der Waals surface area contributed by atoms with Gasteiger partial charge in [-0.05, 0) is 44.4 Å². The Balaban J connectivity index is 2.41. The number of aromatic nitrogens is 2. The van der Waals surface area contributed by atoms with E-state index in [1.165, 1.54) is 12.8 Å². The maximum absolute atomic E-state index is 9.79. The normalized spacial score (nSPS) is 17.1. The Morgan fingerprint density at radius 3 is 2.57 bits per heavy atom. The molecule has 1 heterocycles. The van der Waals surface area contributed by atoms with E-state index in [1.807, 2.05) is 6.07 Å². The van der Waals surface area contributed by atoms with Crippen molar-refractivity contribution in [3.8, 4) is 0 Å². The molecule has 76 valence electrons. The van der Waals surface area contributed by atoms with Crippen molar-refractivity contribution in [2.24, 2.45) is 0 Å². The number of nitrogens with zero attached hydrogens (tertiary/aromatic N) is 2. The van der Waals surface area contributed by atoms with Gasteiger partial charge in [-0.3, -0.25) is 0 Å². The summed E-state index contributed by atoms with van der Waals surface area (Å²) in [5, 5.41) is 10.0. The SMILES string of the molecule is CC(C)(O)c1cc(C2CC2)nc(Cl)n1. The van der Waals surface area contributed by atoms with Crippen molar-refractivity contribution >= 4 is 11.6 Å².